The maximum absolute atomic E-state index is 8.25. The van der Waals surface area contributed by atoms with Crippen LogP contribution in [0.15, 0.2) is 0 Å². The van der Waals surface area contributed by atoms with Gasteiger partial charge in [0, 0.05) is 0 Å². The van der Waals surface area contributed by atoms with Crippen molar-refractivity contribution in [3.63, 3.8) is 0 Å². The Balaban J connectivity index is -0.00000000214. The molecular weight excluding hydrogens is 205 g/mol. The Kier molecular flexibility index (Phi) is 1560. The van der Waals surface area contributed by atoms with Gasteiger partial charge in [-0.2, -0.15) is 0 Å². The van der Waals surface area contributed by atoms with Crippen LogP contribution < -0.4 is 36.9 Å². The van der Waals surface area contributed by atoms with E-state index in [1.807, 2.05) is 0 Å². The number of hydrogen-bond acceptors (Lipinski definition) is 9. The van der Waals surface area contributed by atoms with Gasteiger partial charge in [0.1, 0.15) is 0 Å². The first kappa shape index (κ1) is 154. The molecule has 11 heteroatoms. The number of nitrogens with zero attached hydrogens (tertiary/aromatic N) is 1. The van der Waals surface area contributed by atoms with E-state index in [0.717, 1.165) is 0 Å². The van der Waals surface area contributed by atoms with Gasteiger partial charge in [-0.15, -0.1) is 0 Å². The second kappa shape index (κ2) is 112. The number of hydrogen-bond donors (Lipinski definition) is 6. The third-order valence-electron chi connectivity index (χ3n) is 0. The predicted octanol–water partition coefficient (Wildman–Crippen LogP) is 0.730. The molecule has 78 valence electrons. The van der Waals surface area contributed by atoms with Crippen LogP contribution >= 0.6 is 0 Å². The van der Waals surface area contributed by atoms with Crippen molar-refractivity contribution in [2.45, 2.75) is 0 Å². The predicted molar refractivity (Wildman–Crippen MR) is 40.5 cm³/mol. The summed E-state index contributed by atoms with van der Waals surface area (Å²) in [5.41, 5.74) is 0. The van der Waals surface area contributed by atoms with E-state index in [4.69, 9.17) is 15.3 Å². The van der Waals surface area contributed by atoms with Crippen molar-refractivity contribution < 1.29 is 21.9 Å². The Bertz CT molecular complexity index is 36.7. The zero-order chi connectivity index (χ0) is 3.58. The maximum Gasteiger partial charge on any atom is 3.00 e. The third-order valence-corrected chi connectivity index (χ3v) is 0. The van der Waals surface area contributed by atoms with Crippen LogP contribution in [0.3, 0.4) is 0 Å². The van der Waals surface area contributed by atoms with E-state index in [9.17, 15) is 0 Å². The van der Waals surface area contributed by atoms with E-state index in [2.05, 4.69) is 0 Å². The van der Waals surface area contributed by atoms with Gasteiger partial charge in [-0.25, -0.2) is 0 Å². The van der Waals surface area contributed by atoms with Crippen molar-refractivity contribution in [1.82, 2.24) is 36.9 Å². The smallest absolute Gasteiger partial charge is 0.356 e. The van der Waals surface area contributed by atoms with Gasteiger partial charge in [0.2, 0.25) is 0 Å². The first-order valence-electron chi connectivity index (χ1n) is 0.548. The summed E-state index contributed by atoms with van der Waals surface area (Å²) >= 11 is 0. The Morgan fingerprint density at radius 1 is 0.727 bits per heavy atom. The first-order valence-corrected chi connectivity index (χ1v) is 0.548. The van der Waals surface area contributed by atoms with Crippen molar-refractivity contribution in [1.29, 1.82) is 0 Å². The average molecular weight is 223 g/mol. The monoisotopic (exact) mass is 223 g/mol. The molecule has 0 rings (SSSR count). The van der Waals surface area contributed by atoms with Gasteiger partial charge in [0.25, 0.3) is 0 Å². The Morgan fingerprint density at radius 2 is 0.727 bits per heavy atom. The zero-order valence-corrected chi connectivity index (χ0v) is 7.29. The van der Waals surface area contributed by atoms with Gasteiger partial charge >= 0.3 is 16.8 Å². The topological polar surface area (TPSA) is 276 Å². The molecule has 0 aromatic heterocycles. The molecule has 0 aliphatic carbocycles. The molecule has 0 amide bonds. The fraction of sp³-hybridized carbons (Fsp3) is 0. The summed E-state index contributed by atoms with van der Waals surface area (Å²) in [6.45, 7) is 0. The van der Waals surface area contributed by atoms with Crippen molar-refractivity contribution in [2.24, 2.45) is 0 Å². The molecular formula is H18CoN7O3+2. The molecule has 0 unspecified atom stereocenters. The molecule has 0 aromatic carbocycles. The summed E-state index contributed by atoms with van der Waals surface area (Å²) in [5, 5.41) is 14.8. The summed E-state index contributed by atoms with van der Waals surface area (Å²) in [6.07, 6.45) is 0. The first-order chi connectivity index (χ1) is 1.73. The molecule has 0 bridgehead atoms. The van der Waals surface area contributed by atoms with Gasteiger partial charge in [-0.1, -0.05) is 0 Å². The van der Waals surface area contributed by atoms with E-state index in [1.165, 1.54) is 0 Å². The summed E-state index contributed by atoms with van der Waals surface area (Å²) in [4.78, 5) is 8.25. The minimum Gasteiger partial charge on any atom is -0.356 e. The minimum atomic E-state index is -1.75. The van der Waals surface area contributed by atoms with Crippen LogP contribution in [0.2, 0.25) is 0 Å². The van der Waals surface area contributed by atoms with Gasteiger partial charge < -0.3 is 52.2 Å². The van der Waals surface area contributed by atoms with Crippen LogP contribution in [0.4, 0.5) is 0 Å². The quantitative estimate of drug-likeness (QED) is 0.248. The van der Waals surface area contributed by atoms with Crippen LogP contribution in [-0.4, -0.2) is 5.09 Å². The molecule has 0 saturated heterocycles. The molecule has 0 aliphatic heterocycles. The molecule has 0 atom stereocenters. The van der Waals surface area contributed by atoms with Gasteiger partial charge in [-0.3, -0.25) is 0 Å². The van der Waals surface area contributed by atoms with E-state index >= 15 is 0 Å². The second-order valence-electron chi connectivity index (χ2n) is 0.224. The van der Waals surface area contributed by atoms with Crippen LogP contribution in [0.1, 0.15) is 0 Å². The third kappa shape index (κ3) is 1850. The molecule has 0 aliphatic rings. The second-order valence-corrected chi connectivity index (χ2v) is 0.224. The van der Waals surface area contributed by atoms with E-state index in [1.54, 1.807) is 0 Å². The van der Waals surface area contributed by atoms with Crippen molar-refractivity contribution in [2.75, 3.05) is 0 Å². The Hall–Kier alpha value is -0.534. The Morgan fingerprint density at radius 3 is 0.727 bits per heavy atom. The Labute approximate surface area is 74.9 Å². The van der Waals surface area contributed by atoms with Crippen LogP contribution in [0.25, 0.3) is 0 Å². The molecule has 0 heterocycles. The summed E-state index contributed by atoms with van der Waals surface area (Å²) in [5.74, 6) is 0. The van der Waals surface area contributed by atoms with Gasteiger partial charge in [-0.05, 0) is 0 Å². The van der Waals surface area contributed by atoms with Crippen LogP contribution in [0.5, 0.6) is 0 Å². The SMILES string of the molecule is N.N.N.N.N.N.O=[N+]([O-])[O-].[Co+3]. The largest absolute Gasteiger partial charge is 3.00 e. The van der Waals surface area contributed by atoms with Gasteiger partial charge in [0.15, 0.2) is 0 Å². The van der Waals surface area contributed by atoms with E-state index in [0.29, 0.717) is 0 Å². The van der Waals surface area contributed by atoms with Crippen molar-refractivity contribution in [3.8, 4) is 0 Å². The van der Waals surface area contributed by atoms with E-state index in [-0.39, 0.29) is 53.7 Å². The molecule has 18 N–H and O–H groups in total. The molecule has 0 radical (unpaired) electrons. The molecule has 0 fully saturated rings. The van der Waals surface area contributed by atoms with Crippen LogP contribution in [0, 0.1) is 15.3 Å². The maximum atomic E-state index is 8.25. The molecule has 0 spiro atoms. The zero-order valence-electron chi connectivity index (χ0n) is 6.25. The molecule has 0 aromatic rings. The molecule has 11 heavy (non-hydrogen) atoms. The summed E-state index contributed by atoms with van der Waals surface area (Å²) < 4.78 is 0. The number of rotatable bonds is 0. The minimum absolute atomic E-state index is 0. The average Bonchev–Trinajstić information content (AvgIpc) is 0.811. The van der Waals surface area contributed by atoms with Crippen molar-refractivity contribution in [3.05, 3.63) is 15.3 Å². The fourth-order valence-corrected chi connectivity index (χ4v) is 0. The molecule has 10 nitrogen and oxygen atoms in total. The molecule has 0 saturated carbocycles. The van der Waals surface area contributed by atoms with Gasteiger partial charge in [0.05, 0.1) is 5.09 Å². The van der Waals surface area contributed by atoms with Crippen molar-refractivity contribution >= 4 is 0 Å². The van der Waals surface area contributed by atoms with E-state index < -0.39 is 5.09 Å². The fourth-order valence-electron chi connectivity index (χ4n) is 0. The van der Waals surface area contributed by atoms with Crippen LogP contribution in [-0.2, 0) is 16.8 Å². The summed E-state index contributed by atoms with van der Waals surface area (Å²) in [7, 11) is 0. The normalized spacial score (nSPS) is 2.18. The summed E-state index contributed by atoms with van der Waals surface area (Å²) in [6, 6.07) is 0. The standard InChI is InChI=1S/Co.NO3.6H3N/c;2-1(3)4;;;;;;/h;;6*1H3/q+3;-1;;;;;;.